The predicted octanol–water partition coefficient (Wildman–Crippen LogP) is 1.51. The monoisotopic (exact) mass is 333 g/mol. The van der Waals surface area contributed by atoms with Gasteiger partial charge in [-0.2, -0.15) is 14.8 Å². The number of hydrogen-bond acceptors (Lipinski definition) is 4. The van der Waals surface area contributed by atoms with E-state index in [4.69, 9.17) is 0 Å². The minimum absolute atomic E-state index is 0. The van der Waals surface area contributed by atoms with Crippen molar-refractivity contribution >= 4 is 23.8 Å². The van der Waals surface area contributed by atoms with Gasteiger partial charge in [0.05, 0.1) is 17.8 Å². The van der Waals surface area contributed by atoms with E-state index in [-0.39, 0.29) is 23.9 Å². The fourth-order valence-electron chi connectivity index (χ4n) is 4.55. The van der Waals surface area contributed by atoms with Crippen molar-refractivity contribution < 1.29 is 4.79 Å². The molecule has 2 bridgehead atoms. The number of nitrogens with one attached hydrogen (secondary N) is 1. The van der Waals surface area contributed by atoms with Gasteiger partial charge in [0, 0.05) is 11.7 Å². The second-order valence-electron chi connectivity index (χ2n) is 6.84. The summed E-state index contributed by atoms with van der Waals surface area (Å²) in [7, 11) is 0. The van der Waals surface area contributed by atoms with Gasteiger partial charge in [-0.05, 0) is 56.8 Å². The van der Waals surface area contributed by atoms with Crippen molar-refractivity contribution in [1.82, 2.24) is 25.0 Å². The molecule has 1 N–H and O–H groups in total. The van der Waals surface area contributed by atoms with Gasteiger partial charge < -0.3 is 5.32 Å². The van der Waals surface area contributed by atoms with Crippen LogP contribution < -0.4 is 5.32 Å². The fourth-order valence-corrected chi connectivity index (χ4v) is 4.55. The number of nitrogens with zero attached hydrogens (tertiary/aromatic N) is 4. The van der Waals surface area contributed by atoms with E-state index in [0.717, 1.165) is 5.52 Å². The molecule has 0 radical (unpaired) electrons. The van der Waals surface area contributed by atoms with Crippen LogP contribution in [0.2, 0.25) is 0 Å². The molecular formula is C16H20ClN5O. The average molecular weight is 334 g/mol. The summed E-state index contributed by atoms with van der Waals surface area (Å²) < 4.78 is 1.51. The quantitative estimate of drug-likeness (QED) is 0.905. The van der Waals surface area contributed by atoms with Crippen LogP contribution in [-0.2, 0) is 0 Å². The molecule has 1 amide bonds. The smallest absolute Gasteiger partial charge is 0.255 e. The first kappa shape index (κ1) is 14.9. The van der Waals surface area contributed by atoms with Crippen molar-refractivity contribution in [2.24, 2.45) is 5.92 Å². The summed E-state index contributed by atoms with van der Waals surface area (Å²) in [5.41, 5.74) is 1.66. The number of amides is 1. The van der Waals surface area contributed by atoms with Gasteiger partial charge >= 0.3 is 0 Å². The Morgan fingerprint density at radius 2 is 2.04 bits per heavy atom. The van der Waals surface area contributed by atoms with Crippen LogP contribution in [0.25, 0.3) is 5.52 Å². The van der Waals surface area contributed by atoms with E-state index in [1.165, 1.54) is 43.4 Å². The van der Waals surface area contributed by atoms with E-state index in [1.807, 2.05) is 12.1 Å². The third-order valence-electron chi connectivity index (χ3n) is 5.82. The van der Waals surface area contributed by atoms with E-state index >= 15 is 0 Å². The highest BCUT2D eigenvalue weighted by Crippen LogP contribution is 2.53. The molecule has 122 valence electrons. The Kier molecular flexibility index (Phi) is 3.35. The topological polar surface area (TPSA) is 62.5 Å². The molecule has 5 heterocycles. The molecule has 3 saturated heterocycles. The molecule has 1 atom stereocenters. The Morgan fingerprint density at radius 3 is 2.78 bits per heavy atom. The highest BCUT2D eigenvalue weighted by Gasteiger charge is 2.60. The average Bonchev–Trinajstić information content (AvgIpc) is 3.21. The Hall–Kier alpha value is -1.66. The summed E-state index contributed by atoms with van der Waals surface area (Å²) in [6.07, 6.45) is 8.18. The zero-order valence-electron chi connectivity index (χ0n) is 12.8. The lowest BCUT2D eigenvalue weighted by molar-refractivity contribution is -0.00142. The van der Waals surface area contributed by atoms with Gasteiger partial charge in [-0.1, -0.05) is 0 Å². The van der Waals surface area contributed by atoms with Crippen molar-refractivity contribution in [3.63, 3.8) is 0 Å². The molecule has 6 rings (SSSR count). The Labute approximate surface area is 140 Å². The minimum atomic E-state index is -0.00646. The first-order valence-electron chi connectivity index (χ1n) is 8.13. The van der Waals surface area contributed by atoms with E-state index in [9.17, 15) is 4.79 Å². The molecule has 2 aromatic rings. The summed E-state index contributed by atoms with van der Waals surface area (Å²) in [6, 6.07) is 4.03. The van der Waals surface area contributed by atoms with Crippen LogP contribution in [-0.4, -0.2) is 50.3 Å². The maximum atomic E-state index is 12.8. The third kappa shape index (κ3) is 2.08. The van der Waals surface area contributed by atoms with Gasteiger partial charge in [-0.25, -0.2) is 0 Å². The van der Waals surface area contributed by atoms with Crippen LogP contribution in [0.15, 0.2) is 24.5 Å². The van der Waals surface area contributed by atoms with Crippen LogP contribution in [0.3, 0.4) is 0 Å². The zero-order chi connectivity index (χ0) is 14.7. The predicted molar refractivity (Wildman–Crippen MR) is 87.8 cm³/mol. The summed E-state index contributed by atoms with van der Waals surface area (Å²) in [6.45, 7) is 2.41. The number of piperidine rings is 3. The molecule has 2 aromatic heterocycles. The Bertz CT molecular complexity index is 748. The SMILES string of the molecule is Cl.O=C(NC1C2CCN(CC2)C12CC2)c1cnn2ncccc12. The number of carbonyl (C=O) groups is 1. The standard InChI is InChI=1S/C16H19N5O.ClH/c22-15(12-10-18-21-13(12)2-1-7-17-21)19-14-11-3-8-20(9-4-11)16(14)5-6-16;/h1-2,7,10-11,14H,3-6,8-9H2,(H,19,22);1H. The number of hydrogen-bond donors (Lipinski definition) is 1. The van der Waals surface area contributed by atoms with Crippen molar-refractivity contribution in [2.75, 3.05) is 13.1 Å². The molecule has 4 fully saturated rings. The number of carbonyl (C=O) groups excluding carboxylic acids is 1. The van der Waals surface area contributed by atoms with Gasteiger partial charge in [0.1, 0.15) is 5.52 Å². The molecule has 1 spiro atoms. The fraction of sp³-hybridized carbons (Fsp3) is 0.562. The highest BCUT2D eigenvalue weighted by molar-refractivity contribution is 6.00. The number of aromatic nitrogens is 3. The first-order valence-corrected chi connectivity index (χ1v) is 8.13. The molecule has 4 aliphatic rings. The number of rotatable bonds is 2. The van der Waals surface area contributed by atoms with E-state index in [2.05, 4.69) is 20.4 Å². The van der Waals surface area contributed by atoms with Gasteiger partial charge in [-0.3, -0.25) is 9.69 Å². The van der Waals surface area contributed by atoms with Crippen molar-refractivity contribution in [3.8, 4) is 0 Å². The van der Waals surface area contributed by atoms with E-state index < -0.39 is 0 Å². The van der Waals surface area contributed by atoms with Gasteiger partial charge in [0.2, 0.25) is 0 Å². The summed E-state index contributed by atoms with van der Waals surface area (Å²) in [4.78, 5) is 15.4. The van der Waals surface area contributed by atoms with Crippen molar-refractivity contribution in [2.45, 2.75) is 37.3 Å². The Balaban J connectivity index is 0.00000135. The summed E-state index contributed by atoms with van der Waals surface area (Å²) in [5.74, 6) is 0.629. The van der Waals surface area contributed by atoms with Gasteiger partial charge in [-0.15, -0.1) is 12.4 Å². The molecule has 1 unspecified atom stereocenters. The van der Waals surface area contributed by atoms with Gasteiger partial charge in [0.25, 0.3) is 5.91 Å². The summed E-state index contributed by atoms with van der Waals surface area (Å²) >= 11 is 0. The molecule has 1 aliphatic carbocycles. The van der Waals surface area contributed by atoms with Crippen LogP contribution in [0.5, 0.6) is 0 Å². The third-order valence-corrected chi connectivity index (χ3v) is 5.82. The lowest BCUT2D eigenvalue weighted by Crippen LogP contribution is -2.65. The molecule has 6 nitrogen and oxygen atoms in total. The van der Waals surface area contributed by atoms with Crippen LogP contribution in [0, 0.1) is 5.92 Å². The lowest BCUT2D eigenvalue weighted by atomic mass is 9.77. The molecule has 1 saturated carbocycles. The maximum absolute atomic E-state index is 12.8. The Morgan fingerprint density at radius 1 is 1.26 bits per heavy atom. The molecule has 0 aromatic carbocycles. The first-order chi connectivity index (χ1) is 10.8. The van der Waals surface area contributed by atoms with Crippen LogP contribution >= 0.6 is 12.4 Å². The largest absolute Gasteiger partial charge is 0.347 e. The molecule has 3 aliphatic heterocycles. The normalized spacial score (nSPS) is 30.2. The van der Waals surface area contributed by atoms with Crippen molar-refractivity contribution in [3.05, 3.63) is 30.1 Å². The minimum Gasteiger partial charge on any atom is -0.347 e. The van der Waals surface area contributed by atoms with Crippen molar-refractivity contribution in [1.29, 1.82) is 0 Å². The number of fused-ring (bicyclic) bond motifs is 3. The molecular weight excluding hydrogens is 314 g/mol. The zero-order valence-corrected chi connectivity index (χ0v) is 13.6. The second kappa shape index (κ2) is 5.18. The van der Waals surface area contributed by atoms with Gasteiger partial charge in [0.15, 0.2) is 0 Å². The van der Waals surface area contributed by atoms with E-state index in [0.29, 0.717) is 17.5 Å². The molecule has 7 heteroatoms. The molecule has 23 heavy (non-hydrogen) atoms. The highest BCUT2D eigenvalue weighted by atomic mass is 35.5. The number of halogens is 1. The lowest BCUT2D eigenvalue weighted by Gasteiger charge is -2.52. The maximum Gasteiger partial charge on any atom is 0.255 e. The second-order valence-corrected chi connectivity index (χ2v) is 6.84. The van der Waals surface area contributed by atoms with Crippen LogP contribution in [0.4, 0.5) is 0 Å². The van der Waals surface area contributed by atoms with E-state index in [1.54, 1.807) is 12.4 Å². The summed E-state index contributed by atoms with van der Waals surface area (Å²) in [5, 5.41) is 11.6. The van der Waals surface area contributed by atoms with Crippen LogP contribution in [0.1, 0.15) is 36.0 Å².